The lowest BCUT2D eigenvalue weighted by atomic mass is 9.88. The minimum Gasteiger partial charge on any atom is -0.467 e. The van der Waals surface area contributed by atoms with Crippen LogP contribution in [0.4, 0.5) is 0 Å². The normalized spacial score (nSPS) is 16.2. The molecular weight excluding hydrogens is 376 g/mol. The van der Waals surface area contributed by atoms with Crippen LogP contribution in [-0.4, -0.2) is 29.8 Å². The number of furan rings is 1. The zero-order chi connectivity index (χ0) is 20.8. The van der Waals surface area contributed by atoms with Gasteiger partial charge >= 0.3 is 0 Å². The predicted molar refractivity (Wildman–Crippen MR) is 115 cm³/mol. The highest BCUT2D eigenvalue weighted by atomic mass is 16.3. The zero-order valence-corrected chi connectivity index (χ0v) is 16.9. The van der Waals surface area contributed by atoms with Gasteiger partial charge in [0.25, 0.3) is 0 Å². The van der Waals surface area contributed by atoms with E-state index in [1.165, 1.54) is 11.1 Å². The second-order valence-electron chi connectivity index (χ2n) is 7.71. The number of carbonyl (C=O) groups excluding carboxylic acids is 2. The molecule has 0 saturated carbocycles. The van der Waals surface area contributed by atoms with Crippen LogP contribution in [0.25, 0.3) is 0 Å². The van der Waals surface area contributed by atoms with E-state index in [0.717, 1.165) is 12.2 Å². The third-order valence-corrected chi connectivity index (χ3v) is 5.65. The van der Waals surface area contributed by atoms with Crippen molar-refractivity contribution in [3.05, 3.63) is 95.9 Å². The third kappa shape index (κ3) is 4.79. The Kier molecular flexibility index (Phi) is 6.28. The highest BCUT2D eigenvalue weighted by Gasteiger charge is 2.34. The molecule has 0 bridgehead atoms. The van der Waals surface area contributed by atoms with Gasteiger partial charge in [0.1, 0.15) is 5.76 Å². The van der Waals surface area contributed by atoms with Crippen molar-refractivity contribution in [1.29, 1.82) is 0 Å². The Bertz CT molecular complexity index is 915. The van der Waals surface area contributed by atoms with Crippen LogP contribution < -0.4 is 5.32 Å². The molecule has 1 aliphatic rings. The molecule has 3 aromatic rings. The maximum absolute atomic E-state index is 12.7. The van der Waals surface area contributed by atoms with Gasteiger partial charge in [-0.3, -0.25) is 9.59 Å². The molecule has 1 saturated heterocycles. The van der Waals surface area contributed by atoms with Crippen molar-refractivity contribution in [3.63, 3.8) is 0 Å². The van der Waals surface area contributed by atoms with Crippen LogP contribution in [0.3, 0.4) is 0 Å². The van der Waals surface area contributed by atoms with Crippen LogP contribution in [0.15, 0.2) is 83.5 Å². The summed E-state index contributed by atoms with van der Waals surface area (Å²) in [5.41, 5.74) is 2.47. The fourth-order valence-corrected chi connectivity index (χ4v) is 4.07. The second kappa shape index (κ2) is 9.44. The van der Waals surface area contributed by atoms with E-state index >= 15 is 0 Å². The summed E-state index contributed by atoms with van der Waals surface area (Å²) in [5, 5.41) is 3.05. The van der Waals surface area contributed by atoms with E-state index in [1.54, 1.807) is 17.2 Å². The van der Waals surface area contributed by atoms with Crippen LogP contribution in [0, 0.1) is 5.92 Å². The number of benzene rings is 2. The van der Waals surface area contributed by atoms with E-state index in [2.05, 4.69) is 29.6 Å². The molecular formula is C25H26N2O3. The fraction of sp³-hybridized carbons (Fsp3) is 0.280. The quantitative estimate of drug-likeness (QED) is 0.620. The SMILES string of the molecule is O=C(NCCC(c1ccccc1)c1ccccc1)C1CC(=O)N(Cc2ccco2)C1. The summed E-state index contributed by atoms with van der Waals surface area (Å²) in [6.45, 7) is 1.42. The number of hydrogen-bond acceptors (Lipinski definition) is 3. The topological polar surface area (TPSA) is 62.6 Å². The molecule has 30 heavy (non-hydrogen) atoms. The summed E-state index contributed by atoms with van der Waals surface area (Å²) in [6, 6.07) is 24.3. The first-order valence-corrected chi connectivity index (χ1v) is 10.4. The van der Waals surface area contributed by atoms with Gasteiger partial charge in [-0.2, -0.15) is 0 Å². The first-order chi connectivity index (χ1) is 14.7. The smallest absolute Gasteiger partial charge is 0.225 e. The van der Waals surface area contributed by atoms with E-state index in [4.69, 9.17) is 4.42 Å². The van der Waals surface area contributed by atoms with Crippen LogP contribution >= 0.6 is 0 Å². The maximum atomic E-state index is 12.7. The monoisotopic (exact) mass is 402 g/mol. The highest BCUT2D eigenvalue weighted by Crippen LogP contribution is 2.27. The van der Waals surface area contributed by atoms with Crippen molar-refractivity contribution in [1.82, 2.24) is 10.2 Å². The maximum Gasteiger partial charge on any atom is 0.225 e. The first kappa shape index (κ1) is 20.0. The molecule has 5 nitrogen and oxygen atoms in total. The van der Waals surface area contributed by atoms with E-state index in [9.17, 15) is 9.59 Å². The molecule has 1 atom stereocenters. The van der Waals surface area contributed by atoms with E-state index in [-0.39, 0.29) is 30.1 Å². The first-order valence-electron chi connectivity index (χ1n) is 10.4. The lowest BCUT2D eigenvalue weighted by Crippen LogP contribution is -2.34. The standard InChI is InChI=1S/C25H26N2O3/c28-24-16-21(17-27(24)18-22-12-7-15-30-22)25(29)26-14-13-23(19-8-3-1-4-9-19)20-10-5-2-6-11-20/h1-12,15,21,23H,13-14,16-18H2,(H,26,29). The molecule has 2 heterocycles. The number of rotatable bonds is 8. The van der Waals surface area contributed by atoms with Crippen molar-refractivity contribution in [2.24, 2.45) is 5.92 Å². The van der Waals surface area contributed by atoms with Gasteiger partial charge < -0.3 is 14.6 Å². The van der Waals surface area contributed by atoms with Gasteiger partial charge in [-0.1, -0.05) is 60.7 Å². The molecule has 1 aromatic heterocycles. The Morgan fingerprint density at radius 2 is 1.67 bits per heavy atom. The van der Waals surface area contributed by atoms with Crippen molar-refractivity contribution in [2.45, 2.75) is 25.3 Å². The summed E-state index contributed by atoms with van der Waals surface area (Å²) in [4.78, 5) is 26.6. The minimum atomic E-state index is -0.306. The van der Waals surface area contributed by atoms with Gasteiger partial charge in [-0.25, -0.2) is 0 Å². The van der Waals surface area contributed by atoms with Gasteiger partial charge in [-0.05, 0) is 29.7 Å². The van der Waals surface area contributed by atoms with Gasteiger partial charge in [0.05, 0.1) is 18.7 Å². The molecule has 1 fully saturated rings. The molecule has 1 N–H and O–H groups in total. The van der Waals surface area contributed by atoms with Crippen molar-refractivity contribution in [3.8, 4) is 0 Å². The Morgan fingerprint density at radius 3 is 2.27 bits per heavy atom. The number of carbonyl (C=O) groups is 2. The number of hydrogen-bond donors (Lipinski definition) is 1. The molecule has 0 radical (unpaired) electrons. The Morgan fingerprint density at radius 1 is 1.00 bits per heavy atom. The summed E-state index contributed by atoms with van der Waals surface area (Å²) in [5.74, 6) is 0.592. The molecule has 1 aliphatic heterocycles. The van der Waals surface area contributed by atoms with E-state index in [1.807, 2.05) is 42.5 Å². The minimum absolute atomic E-state index is 0.00185. The van der Waals surface area contributed by atoms with Crippen molar-refractivity contribution >= 4 is 11.8 Å². The molecule has 0 aliphatic carbocycles. The lowest BCUT2D eigenvalue weighted by molar-refractivity contribution is -0.129. The fourth-order valence-electron chi connectivity index (χ4n) is 4.07. The third-order valence-electron chi connectivity index (χ3n) is 5.65. The zero-order valence-electron chi connectivity index (χ0n) is 16.9. The summed E-state index contributed by atoms with van der Waals surface area (Å²) < 4.78 is 5.32. The van der Waals surface area contributed by atoms with Gasteiger partial charge in [0.2, 0.25) is 11.8 Å². The Balaban J connectivity index is 1.33. The number of nitrogens with one attached hydrogen (secondary N) is 1. The number of amides is 2. The highest BCUT2D eigenvalue weighted by molar-refractivity contribution is 5.89. The largest absolute Gasteiger partial charge is 0.467 e. The second-order valence-corrected chi connectivity index (χ2v) is 7.71. The summed E-state index contributed by atoms with van der Waals surface area (Å²) >= 11 is 0. The van der Waals surface area contributed by atoms with Crippen molar-refractivity contribution in [2.75, 3.05) is 13.1 Å². The average molecular weight is 402 g/mol. The molecule has 2 aromatic carbocycles. The van der Waals surface area contributed by atoms with Gasteiger partial charge in [-0.15, -0.1) is 0 Å². The van der Waals surface area contributed by atoms with E-state index < -0.39 is 0 Å². The predicted octanol–water partition coefficient (Wildman–Crippen LogP) is 3.97. The molecule has 1 unspecified atom stereocenters. The van der Waals surface area contributed by atoms with E-state index in [0.29, 0.717) is 19.6 Å². The van der Waals surface area contributed by atoms with Crippen molar-refractivity contribution < 1.29 is 14.0 Å². The Hall–Kier alpha value is -3.34. The van der Waals surface area contributed by atoms with Crippen LogP contribution in [-0.2, 0) is 16.1 Å². The number of nitrogens with zero attached hydrogens (tertiary/aromatic N) is 1. The van der Waals surface area contributed by atoms with Gasteiger partial charge in [0.15, 0.2) is 0 Å². The molecule has 4 rings (SSSR count). The number of likely N-dealkylation sites (tertiary alicyclic amines) is 1. The Labute approximate surface area is 176 Å². The molecule has 2 amide bonds. The molecule has 5 heteroatoms. The van der Waals surface area contributed by atoms with Gasteiger partial charge in [0, 0.05) is 25.4 Å². The van der Waals surface area contributed by atoms with Crippen LogP contribution in [0.2, 0.25) is 0 Å². The van der Waals surface area contributed by atoms with Crippen LogP contribution in [0.5, 0.6) is 0 Å². The lowest BCUT2D eigenvalue weighted by Gasteiger charge is -2.19. The molecule has 154 valence electrons. The average Bonchev–Trinajstić information content (AvgIpc) is 3.43. The van der Waals surface area contributed by atoms with Crippen LogP contribution in [0.1, 0.15) is 35.6 Å². The summed E-state index contributed by atoms with van der Waals surface area (Å²) in [6.07, 6.45) is 2.65. The molecule has 0 spiro atoms. The summed E-state index contributed by atoms with van der Waals surface area (Å²) in [7, 11) is 0.